The van der Waals surface area contributed by atoms with E-state index in [1.807, 2.05) is 0 Å². The van der Waals surface area contributed by atoms with Crippen LogP contribution in [0, 0.1) is 0 Å². The number of imide groups is 1. The van der Waals surface area contributed by atoms with Crippen LogP contribution in [-0.2, 0) is 9.53 Å². The third kappa shape index (κ3) is 2.34. The maximum Gasteiger partial charge on any atom is 0.334 e. The molecule has 0 aromatic heterocycles. The number of ether oxygens (including phenoxy) is 1. The highest BCUT2D eigenvalue weighted by atomic mass is 16.5. The Morgan fingerprint density at radius 3 is 2.26 bits per heavy atom. The number of amides is 2. The molecule has 1 atom stereocenters. The van der Waals surface area contributed by atoms with E-state index < -0.39 is 23.9 Å². The molecule has 1 aliphatic heterocycles. The van der Waals surface area contributed by atoms with E-state index in [0.717, 1.165) is 12.0 Å². The van der Waals surface area contributed by atoms with Crippen LogP contribution in [0.25, 0.3) is 0 Å². The molecule has 1 aromatic carbocycles. The molecule has 2 amide bonds. The van der Waals surface area contributed by atoms with Crippen LogP contribution in [0.4, 0.5) is 0 Å². The van der Waals surface area contributed by atoms with Gasteiger partial charge in [-0.3, -0.25) is 14.5 Å². The summed E-state index contributed by atoms with van der Waals surface area (Å²) >= 11 is 0. The molecule has 0 radical (unpaired) electrons. The van der Waals surface area contributed by atoms with E-state index >= 15 is 0 Å². The first-order chi connectivity index (χ1) is 9.06. The van der Waals surface area contributed by atoms with E-state index in [0.29, 0.717) is 11.1 Å². The summed E-state index contributed by atoms with van der Waals surface area (Å²) in [5.74, 6) is -1.59. The zero-order valence-electron chi connectivity index (χ0n) is 10.3. The van der Waals surface area contributed by atoms with Crippen LogP contribution < -0.4 is 0 Å². The number of fused-ring (bicyclic) bond motifs is 1. The Kier molecular flexibility index (Phi) is 3.62. The molecule has 19 heavy (non-hydrogen) atoms. The van der Waals surface area contributed by atoms with E-state index in [1.165, 1.54) is 0 Å². The van der Waals surface area contributed by atoms with Crippen molar-refractivity contribution in [2.45, 2.75) is 12.5 Å². The van der Waals surface area contributed by atoms with Gasteiger partial charge >= 0.3 is 5.97 Å². The first-order valence-corrected chi connectivity index (χ1v) is 5.77. The SMILES string of the molecule is COC(=O)[C@@H](O)CCN1C(=O)c2ccccc2C1=O. The van der Waals surface area contributed by atoms with Crippen LogP contribution in [-0.4, -0.2) is 47.5 Å². The van der Waals surface area contributed by atoms with Crippen LogP contribution >= 0.6 is 0 Å². The maximum absolute atomic E-state index is 12.0. The molecule has 0 saturated carbocycles. The number of esters is 1. The molecule has 0 aliphatic carbocycles. The molecule has 2 rings (SSSR count). The quantitative estimate of drug-likeness (QED) is 0.620. The van der Waals surface area contributed by atoms with Crippen molar-refractivity contribution in [3.8, 4) is 0 Å². The minimum atomic E-state index is -1.34. The minimum Gasteiger partial charge on any atom is -0.467 e. The van der Waals surface area contributed by atoms with Crippen molar-refractivity contribution >= 4 is 17.8 Å². The van der Waals surface area contributed by atoms with Crippen LogP contribution in [0.2, 0.25) is 0 Å². The van der Waals surface area contributed by atoms with Crippen LogP contribution in [0.5, 0.6) is 0 Å². The zero-order chi connectivity index (χ0) is 14.0. The molecule has 100 valence electrons. The van der Waals surface area contributed by atoms with Crippen molar-refractivity contribution in [2.24, 2.45) is 0 Å². The van der Waals surface area contributed by atoms with Gasteiger partial charge in [0.15, 0.2) is 6.10 Å². The van der Waals surface area contributed by atoms with Crippen molar-refractivity contribution in [1.82, 2.24) is 4.90 Å². The Bertz CT molecular complexity index is 505. The topological polar surface area (TPSA) is 83.9 Å². The molecule has 0 spiro atoms. The van der Waals surface area contributed by atoms with Crippen molar-refractivity contribution in [2.75, 3.05) is 13.7 Å². The highest BCUT2D eigenvalue weighted by Crippen LogP contribution is 2.22. The summed E-state index contributed by atoms with van der Waals surface area (Å²) < 4.78 is 4.37. The summed E-state index contributed by atoms with van der Waals surface area (Å²) in [6.45, 7) is -0.0252. The number of aliphatic hydroxyl groups is 1. The van der Waals surface area contributed by atoms with Crippen molar-refractivity contribution in [3.63, 3.8) is 0 Å². The van der Waals surface area contributed by atoms with E-state index in [9.17, 15) is 19.5 Å². The molecule has 1 aliphatic rings. The van der Waals surface area contributed by atoms with E-state index in [4.69, 9.17) is 0 Å². The standard InChI is InChI=1S/C13H13NO5/c1-19-13(18)10(15)6-7-14-11(16)8-4-2-3-5-9(8)12(14)17/h2-5,10,15H,6-7H2,1H3/t10-/m0/s1. The lowest BCUT2D eigenvalue weighted by atomic mass is 10.1. The lowest BCUT2D eigenvalue weighted by Gasteiger charge is -2.15. The number of nitrogens with zero attached hydrogens (tertiary/aromatic N) is 1. The number of rotatable bonds is 4. The monoisotopic (exact) mass is 263 g/mol. The molecular formula is C13H13NO5. The highest BCUT2D eigenvalue weighted by Gasteiger charge is 2.35. The summed E-state index contributed by atoms with van der Waals surface area (Å²) in [4.78, 5) is 36.0. The first-order valence-electron chi connectivity index (χ1n) is 5.77. The van der Waals surface area contributed by atoms with Gasteiger partial charge in [-0.1, -0.05) is 12.1 Å². The molecule has 1 N–H and O–H groups in total. The Morgan fingerprint density at radius 1 is 1.26 bits per heavy atom. The predicted octanol–water partition coefficient (Wildman–Crippen LogP) is 0.207. The van der Waals surface area contributed by atoms with Gasteiger partial charge in [-0.2, -0.15) is 0 Å². The Labute approximate surface area is 109 Å². The molecule has 0 bridgehead atoms. The Morgan fingerprint density at radius 2 is 1.79 bits per heavy atom. The van der Waals surface area contributed by atoms with Crippen molar-refractivity contribution in [3.05, 3.63) is 35.4 Å². The second-order valence-corrected chi connectivity index (χ2v) is 4.14. The van der Waals surface area contributed by atoms with Gasteiger partial charge in [0, 0.05) is 13.0 Å². The van der Waals surface area contributed by atoms with Gasteiger partial charge in [-0.05, 0) is 12.1 Å². The lowest BCUT2D eigenvalue weighted by Crippen LogP contribution is -2.34. The molecule has 0 fully saturated rings. The summed E-state index contributed by atoms with van der Waals surface area (Å²) in [6, 6.07) is 6.51. The second kappa shape index (κ2) is 5.19. The number of benzene rings is 1. The third-order valence-corrected chi connectivity index (χ3v) is 2.98. The molecule has 6 nitrogen and oxygen atoms in total. The van der Waals surface area contributed by atoms with Gasteiger partial charge in [-0.25, -0.2) is 4.79 Å². The molecular weight excluding hydrogens is 250 g/mol. The molecule has 0 saturated heterocycles. The van der Waals surface area contributed by atoms with E-state index in [1.54, 1.807) is 24.3 Å². The van der Waals surface area contributed by atoms with Gasteiger partial charge in [-0.15, -0.1) is 0 Å². The van der Waals surface area contributed by atoms with Crippen molar-refractivity contribution in [1.29, 1.82) is 0 Å². The Hall–Kier alpha value is -2.21. The van der Waals surface area contributed by atoms with Crippen molar-refractivity contribution < 1.29 is 24.2 Å². The second-order valence-electron chi connectivity index (χ2n) is 4.14. The number of carbonyl (C=O) groups is 3. The highest BCUT2D eigenvalue weighted by molar-refractivity contribution is 6.21. The number of hydrogen-bond donors (Lipinski definition) is 1. The van der Waals surface area contributed by atoms with E-state index in [-0.39, 0.29) is 13.0 Å². The number of methoxy groups -OCH3 is 1. The van der Waals surface area contributed by atoms with Gasteiger partial charge in [0.1, 0.15) is 0 Å². The summed E-state index contributed by atoms with van der Waals surface area (Å²) in [5, 5.41) is 9.44. The molecule has 1 aromatic rings. The van der Waals surface area contributed by atoms with Crippen LogP contribution in [0.15, 0.2) is 24.3 Å². The van der Waals surface area contributed by atoms with Crippen LogP contribution in [0.3, 0.4) is 0 Å². The van der Waals surface area contributed by atoms with Gasteiger partial charge in [0.25, 0.3) is 11.8 Å². The lowest BCUT2D eigenvalue weighted by molar-refractivity contribution is -0.150. The normalized spacial score (nSPS) is 15.4. The predicted molar refractivity (Wildman–Crippen MR) is 64.4 cm³/mol. The number of hydrogen-bond acceptors (Lipinski definition) is 5. The maximum atomic E-state index is 12.0. The smallest absolute Gasteiger partial charge is 0.334 e. The summed E-state index contributed by atoms with van der Waals surface area (Å²) in [5.41, 5.74) is 0.695. The summed E-state index contributed by atoms with van der Waals surface area (Å²) in [6.07, 6.45) is -1.38. The largest absolute Gasteiger partial charge is 0.467 e. The molecule has 1 heterocycles. The van der Waals surface area contributed by atoms with Gasteiger partial charge in [0.2, 0.25) is 0 Å². The molecule has 0 unspecified atom stereocenters. The Balaban J connectivity index is 2.07. The third-order valence-electron chi connectivity index (χ3n) is 2.98. The van der Waals surface area contributed by atoms with Gasteiger partial charge in [0.05, 0.1) is 18.2 Å². The first kappa shape index (κ1) is 13.2. The molecule has 6 heteroatoms. The average Bonchev–Trinajstić information content (AvgIpc) is 2.68. The summed E-state index contributed by atoms with van der Waals surface area (Å²) in [7, 11) is 1.16. The fourth-order valence-electron chi connectivity index (χ4n) is 1.95. The fourth-order valence-corrected chi connectivity index (χ4v) is 1.95. The number of aliphatic hydroxyl groups excluding tert-OH is 1. The fraction of sp³-hybridized carbons (Fsp3) is 0.308. The van der Waals surface area contributed by atoms with E-state index in [2.05, 4.69) is 4.74 Å². The average molecular weight is 263 g/mol. The van der Waals surface area contributed by atoms with Gasteiger partial charge < -0.3 is 9.84 Å². The van der Waals surface area contributed by atoms with Crippen LogP contribution in [0.1, 0.15) is 27.1 Å². The number of carbonyl (C=O) groups excluding carboxylic acids is 3. The minimum absolute atomic E-state index is 0.0252. The zero-order valence-corrected chi connectivity index (χ0v) is 10.3.